The Morgan fingerprint density at radius 3 is 2.69 bits per heavy atom. The molecule has 0 saturated heterocycles. The quantitative estimate of drug-likeness (QED) is 0.669. The van der Waals surface area contributed by atoms with E-state index in [-0.39, 0.29) is 4.90 Å². The van der Waals surface area contributed by atoms with Crippen LogP contribution in [0.25, 0.3) is 0 Å². The number of rotatable bonds is 5. The molecule has 16 heavy (non-hydrogen) atoms. The molecule has 1 aromatic carbocycles. The summed E-state index contributed by atoms with van der Waals surface area (Å²) in [6.07, 6.45) is 0.708. The Morgan fingerprint density at radius 2 is 2.12 bits per heavy atom. The van der Waals surface area contributed by atoms with Gasteiger partial charge in [-0.1, -0.05) is 15.9 Å². The van der Waals surface area contributed by atoms with Crippen LogP contribution in [0.1, 0.15) is 12.0 Å². The average Bonchev–Trinajstić information content (AvgIpc) is 2.17. The molecule has 0 heterocycles. The van der Waals surface area contributed by atoms with Crippen LogP contribution in [-0.2, 0) is 10.0 Å². The van der Waals surface area contributed by atoms with Crippen LogP contribution in [0.4, 0.5) is 4.39 Å². The number of aryl methyl sites for hydroxylation is 1. The molecular weight excluding hydrogens is 297 g/mol. The maximum Gasteiger partial charge on any atom is 0.240 e. The van der Waals surface area contributed by atoms with E-state index in [0.717, 1.165) is 11.4 Å². The zero-order valence-corrected chi connectivity index (χ0v) is 11.2. The Morgan fingerprint density at radius 1 is 1.44 bits per heavy atom. The van der Waals surface area contributed by atoms with Gasteiger partial charge in [0.2, 0.25) is 10.0 Å². The number of benzene rings is 1. The molecule has 0 aliphatic rings. The molecule has 6 heteroatoms. The molecule has 0 saturated carbocycles. The van der Waals surface area contributed by atoms with Crippen molar-refractivity contribution in [1.82, 2.24) is 4.72 Å². The van der Waals surface area contributed by atoms with Crippen LogP contribution < -0.4 is 4.72 Å². The van der Waals surface area contributed by atoms with Crippen LogP contribution in [0.3, 0.4) is 0 Å². The lowest BCUT2D eigenvalue weighted by atomic mass is 10.2. The molecule has 0 amide bonds. The molecule has 0 fully saturated rings. The summed E-state index contributed by atoms with van der Waals surface area (Å²) >= 11 is 3.21. The van der Waals surface area contributed by atoms with Gasteiger partial charge in [0.25, 0.3) is 0 Å². The third-order valence-corrected chi connectivity index (χ3v) is 4.21. The van der Waals surface area contributed by atoms with Crippen molar-refractivity contribution in [1.29, 1.82) is 0 Å². The molecular formula is C10H13BrFNO2S. The monoisotopic (exact) mass is 309 g/mol. The standard InChI is InChI=1S/C10H13BrFNO2S/c1-8-7-9(12)3-4-10(8)16(14,15)13-6-2-5-11/h3-4,7,13H,2,5-6H2,1H3. The van der Waals surface area contributed by atoms with Crippen LogP contribution >= 0.6 is 15.9 Å². The summed E-state index contributed by atoms with van der Waals surface area (Å²) in [5, 5.41) is 0.734. The molecule has 1 rings (SSSR count). The summed E-state index contributed by atoms with van der Waals surface area (Å²) in [4.78, 5) is 0.128. The number of hydrogen-bond acceptors (Lipinski definition) is 2. The third kappa shape index (κ3) is 3.54. The summed E-state index contributed by atoms with van der Waals surface area (Å²) in [5.74, 6) is -0.433. The van der Waals surface area contributed by atoms with E-state index < -0.39 is 15.8 Å². The Kier molecular flexibility index (Phi) is 4.89. The van der Waals surface area contributed by atoms with Gasteiger partial charge in [-0.25, -0.2) is 17.5 Å². The topological polar surface area (TPSA) is 46.2 Å². The second-order valence-electron chi connectivity index (χ2n) is 3.35. The summed E-state index contributed by atoms with van der Waals surface area (Å²) in [7, 11) is -3.52. The normalized spacial score (nSPS) is 11.7. The predicted molar refractivity (Wildman–Crippen MR) is 64.7 cm³/mol. The molecule has 0 bridgehead atoms. The minimum atomic E-state index is -3.52. The fraction of sp³-hybridized carbons (Fsp3) is 0.400. The maximum atomic E-state index is 12.8. The number of alkyl halides is 1. The Balaban J connectivity index is 2.90. The molecule has 0 aliphatic carbocycles. The number of nitrogens with one attached hydrogen (secondary N) is 1. The van der Waals surface area contributed by atoms with E-state index in [9.17, 15) is 12.8 Å². The van der Waals surface area contributed by atoms with Gasteiger partial charge in [0.15, 0.2) is 0 Å². The Hall–Kier alpha value is -0.460. The van der Waals surface area contributed by atoms with Crippen LogP contribution in [-0.4, -0.2) is 20.3 Å². The Labute approximate surface area is 103 Å². The molecule has 0 radical (unpaired) electrons. The number of hydrogen-bond donors (Lipinski definition) is 1. The van der Waals surface area contributed by atoms with Gasteiger partial charge >= 0.3 is 0 Å². The van der Waals surface area contributed by atoms with Gasteiger partial charge in [0, 0.05) is 11.9 Å². The highest BCUT2D eigenvalue weighted by molar-refractivity contribution is 9.09. The highest BCUT2D eigenvalue weighted by Crippen LogP contribution is 2.15. The zero-order chi connectivity index (χ0) is 12.2. The van der Waals surface area contributed by atoms with Gasteiger partial charge in [0.05, 0.1) is 4.90 Å². The summed E-state index contributed by atoms with van der Waals surface area (Å²) in [6, 6.07) is 3.63. The maximum absolute atomic E-state index is 12.8. The highest BCUT2D eigenvalue weighted by Gasteiger charge is 2.15. The van der Waals surface area contributed by atoms with E-state index in [1.165, 1.54) is 12.1 Å². The van der Waals surface area contributed by atoms with E-state index in [0.29, 0.717) is 18.5 Å². The van der Waals surface area contributed by atoms with E-state index >= 15 is 0 Å². The summed E-state index contributed by atoms with van der Waals surface area (Å²) < 4.78 is 38.9. The largest absolute Gasteiger partial charge is 0.240 e. The van der Waals surface area contributed by atoms with Crippen molar-refractivity contribution in [3.8, 4) is 0 Å². The van der Waals surface area contributed by atoms with Crippen molar-refractivity contribution in [2.75, 3.05) is 11.9 Å². The van der Waals surface area contributed by atoms with E-state index in [1.807, 2.05) is 0 Å². The second-order valence-corrected chi connectivity index (χ2v) is 5.88. The predicted octanol–water partition coefficient (Wildman–Crippen LogP) is 2.20. The molecule has 90 valence electrons. The number of sulfonamides is 1. The van der Waals surface area contributed by atoms with Gasteiger partial charge in [-0.3, -0.25) is 0 Å². The van der Waals surface area contributed by atoms with Crippen molar-refractivity contribution in [2.45, 2.75) is 18.2 Å². The van der Waals surface area contributed by atoms with Crippen LogP contribution in [0.2, 0.25) is 0 Å². The molecule has 0 aliphatic heterocycles. The van der Waals surface area contributed by atoms with Crippen molar-refractivity contribution in [3.05, 3.63) is 29.6 Å². The van der Waals surface area contributed by atoms with Crippen molar-refractivity contribution >= 4 is 26.0 Å². The summed E-state index contributed by atoms with van der Waals surface area (Å²) in [6.45, 7) is 1.94. The number of halogens is 2. The first-order chi connectivity index (χ1) is 7.47. The first-order valence-electron chi connectivity index (χ1n) is 4.79. The Bertz CT molecular complexity index is 462. The van der Waals surface area contributed by atoms with E-state index in [1.54, 1.807) is 6.92 Å². The molecule has 1 N–H and O–H groups in total. The zero-order valence-electron chi connectivity index (χ0n) is 8.83. The molecule has 3 nitrogen and oxygen atoms in total. The van der Waals surface area contributed by atoms with Crippen molar-refractivity contribution in [2.24, 2.45) is 0 Å². The third-order valence-electron chi connectivity index (χ3n) is 2.03. The SMILES string of the molecule is Cc1cc(F)ccc1S(=O)(=O)NCCCBr. The highest BCUT2D eigenvalue weighted by atomic mass is 79.9. The van der Waals surface area contributed by atoms with Gasteiger partial charge in [0.1, 0.15) is 5.82 Å². The van der Waals surface area contributed by atoms with E-state index in [2.05, 4.69) is 20.7 Å². The van der Waals surface area contributed by atoms with Crippen LogP contribution in [0.15, 0.2) is 23.1 Å². The minimum absolute atomic E-state index is 0.128. The van der Waals surface area contributed by atoms with Gasteiger partial charge < -0.3 is 0 Å². The van der Waals surface area contributed by atoms with Gasteiger partial charge in [-0.05, 0) is 37.1 Å². The lowest BCUT2D eigenvalue weighted by Gasteiger charge is -2.08. The lowest BCUT2D eigenvalue weighted by Crippen LogP contribution is -2.25. The fourth-order valence-electron chi connectivity index (χ4n) is 1.27. The second kappa shape index (κ2) is 5.75. The van der Waals surface area contributed by atoms with Crippen molar-refractivity contribution < 1.29 is 12.8 Å². The average molecular weight is 310 g/mol. The lowest BCUT2D eigenvalue weighted by molar-refractivity contribution is 0.579. The van der Waals surface area contributed by atoms with Gasteiger partial charge in [-0.15, -0.1) is 0 Å². The summed E-state index contributed by atoms with van der Waals surface area (Å²) in [5.41, 5.74) is 0.409. The first-order valence-corrected chi connectivity index (χ1v) is 7.39. The molecule has 0 spiro atoms. The van der Waals surface area contributed by atoms with Crippen LogP contribution in [0.5, 0.6) is 0 Å². The van der Waals surface area contributed by atoms with E-state index in [4.69, 9.17) is 0 Å². The van der Waals surface area contributed by atoms with Crippen molar-refractivity contribution in [3.63, 3.8) is 0 Å². The first kappa shape index (κ1) is 13.6. The fourth-order valence-corrected chi connectivity index (χ4v) is 2.84. The molecule has 0 atom stereocenters. The molecule has 0 unspecified atom stereocenters. The van der Waals surface area contributed by atoms with Gasteiger partial charge in [-0.2, -0.15) is 0 Å². The van der Waals surface area contributed by atoms with Crippen LogP contribution in [0, 0.1) is 12.7 Å². The molecule has 0 aromatic heterocycles. The minimum Gasteiger partial charge on any atom is -0.211 e. The smallest absolute Gasteiger partial charge is 0.211 e. The molecule has 1 aromatic rings.